The van der Waals surface area contributed by atoms with Gasteiger partial charge >= 0.3 is 5.97 Å². The van der Waals surface area contributed by atoms with Crippen LogP contribution in [-0.2, 0) is 17.6 Å². The number of benzene rings is 2. The summed E-state index contributed by atoms with van der Waals surface area (Å²) in [5.74, 6) is -0.208. The average molecular weight is 411 g/mol. The summed E-state index contributed by atoms with van der Waals surface area (Å²) in [6, 6.07) is 12.1. The molecule has 0 radical (unpaired) electrons. The fourth-order valence-corrected chi connectivity index (χ4v) is 2.91. The van der Waals surface area contributed by atoms with Gasteiger partial charge in [-0.25, -0.2) is 4.79 Å². The molecule has 0 bridgehead atoms. The summed E-state index contributed by atoms with van der Waals surface area (Å²) >= 11 is 0. The van der Waals surface area contributed by atoms with Crippen LogP contribution in [0.1, 0.15) is 42.3 Å². The standard InChI is InChI=1S/C23H30N4O3/c1-23(2,3)14-16-13-17(26-22(24)25)8-11-19(16)21(29)30-18-9-6-15(7-10-18)12-20(28)27(4)5/h6-11,13H,12,14H2,1-5H3,(H4,24,25,26). The molecule has 0 aromatic heterocycles. The third kappa shape index (κ3) is 6.92. The van der Waals surface area contributed by atoms with E-state index in [1.165, 1.54) is 4.90 Å². The number of hydrogen-bond acceptors (Lipinski definition) is 4. The van der Waals surface area contributed by atoms with Gasteiger partial charge in [0.05, 0.1) is 12.0 Å². The number of ether oxygens (including phenoxy) is 1. The van der Waals surface area contributed by atoms with E-state index in [9.17, 15) is 9.59 Å². The zero-order valence-electron chi connectivity index (χ0n) is 18.2. The van der Waals surface area contributed by atoms with Gasteiger partial charge in [0.25, 0.3) is 0 Å². The number of carbonyl (C=O) groups excluding carboxylic acids is 2. The lowest BCUT2D eigenvalue weighted by Gasteiger charge is -2.21. The van der Waals surface area contributed by atoms with Crippen LogP contribution in [0, 0.1) is 10.8 Å². The molecule has 1 amide bonds. The quantitative estimate of drug-likeness (QED) is 0.293. The molecule has 0 atom stereocenters. The zero-order valence-corrected chi connectivity index (χ0v) is 18.2. The second-order valence-corrected chi connectivity index (χ2v) is 8.65. The van der Waals surface area contributed by atoms with Gasteiger partial charge in [-0.15, -0.1) is 0 Å². The summed E-state index contributed by atoms with van der Waals surface area (Å²) in [6.07, 6.45) is 0.942. The van der Waals surface area contributed by atoms with Crippen molar-refractivity contribution in [2.24, 2.45) is 11.1 Å². The Morgan fingerprint density at radius 3 is 2.27 bits per heavy atom. The van der Waals surface area contributed by atoms with Gasteiger partial charge in [-0.2, -0.15) is 0 Å². The number of rotatable bonds is 6. The monoisotopic (exact) mass is 410 g/mol. The highest BCUT2D eigenvalue weighted by Gasteiger charge is 2.20. The summed E-state index contributed by atoms with van der Waals surface area (Å²) in [7, 11) is 3.43. The van der Waals surface area contributed by atoms with Crippen molar-refractivity contribution < 1.29 is 14.3 Å². The lowest BCUT2D eigenvalue weighted by molar-refractivity contribution is -0.127. The number of nitrogens with one attached hydrogen (secondary N) is 2. The minimum Gasteiger partial charge on any atom is -0.423 e. The van der Waals surface area contributed by atoms with Gasteiger partial charge in [0.2, 0.25) is 5.91 Å². The van der Waals surface area contributed by atoms with Gasteiger partial charge in [0.15, 0.2) is 5.96 Å². The predicted molar refractivity (Wildman–Crippen MR) is 119 cm³/mol. The van der Waals surface area contributed by atoms with Gasteiger partial charge in [0.1, 0.15) is 5.75 Å². The smallest absolute Gasteiger partial charge is 0.343 e. The Balaban J connectivity index is 2.20. The second-order valence-electron chi connectivity index (χ2n) is 8.65. The van der Waals surface area contributed by atoms with E-state index >= 15 is 0 Å². The van der Waals surface area contributed by atoms with E-state index in [-0.39, 0.29) is 17.3 Å². The van der Waals surface area contributed by atoms with E-state index in [1.807, 2.05) is 6.07 Å². The maximum Gasteiger partial charge on any atom is 0.343 e. The molecule has 2 aromatic carbocycles. The number of hydrogen-bond donors (Lipinski definition) is 3. The maximum absolute atomic E-state index is 12.8. The molecule has 0 aliphatic rings. The van der Waals surface area contributed by atoms with Gasteiger partial charge in [-0.05, 0) is 53.3 Å². The van der Waals surface area contributed by atoms with Crippen LogP contribution >= 0.6 is 0 Å². The van der Waals surface area contributed by atoms with Crippen LogP contribution in [0.5, 0.6) is 5.75 Å². The number of carbonyl (C=O) groups is 2. The molecule has 0 unspecified atom stereocenters. The molecule has 0 saturated heterocycles. The van der Waals surface area contributed by atoms with E-state index in [1.54, 1.807) is 50.5 Å². The van der Waals surface area contributed by atoms with Crippen LogP contribution < -0.4 is 15.8 Å². The van der Waals surface area contributed by atoms with Crippen molar-refractivity contribution in [3.63, 3.8) is 0 Å². The SMILES string of the molecule is CN(C)C(=O)Cc1ccc(OC(=O)c2ccc(NC(=N)N)cc2CC(C)(C)C)cc1. The molecule has 0 fully saturated rings. The molecule has 2 aromatic rings. The molecule has 0 aliphatic heterocycles. The molecule has 0 saturated carbocycles. The number of nitrogens with zero attached hydrogens (tertiary/aromatic N) is 1. The first-order chi connectivity index (χ1) is 13.9. The van der Waals surface area contributed by atoms with E-state index < -0.39 is 5.97 Å². The molecule has 4 N–H and O–H groups in total. The molecule has 2 rings (SSSR count). The Bertz CT molecular complexity index is 928. The maximum atomic E-state index is 12.8. The average Bonchev–Trinajstić information content (AvgIpc) is 2.61. The summed E-state index contributed by atoms with van der Waals surface area (Å²) in [4.78, 5) is 26.2. The van der Waals surface area contributed by atoms with Crippen molar-refractivity contribution in [1.29, 1.82) is 5.41 Å². The molecular formula is C23H30N4O3. The van der Waals surface area contributed by atoms with Crippen molar-refractivity contribution in [1.82, 2.24) is 4.90 Å². The first-order valence-electron chi connectivity index (χ1n) is 9.70. The predicted octanol–water partition coefficient (Wildman–Crippen LogP) is 3.43. The van der Waals surface area contributed by atoms with Crippen molar-refractivity contribution in [2.45, 2.75) is 33.6 Å². The number of anilines is 1. The topological polar surface area (TPSA) is 109 Å². The van der Waals surface area contributed by atoms with Crippen LogP contribution in [0.3, 0.4) is 0 Å². The highest BCUT2D eigenvalue weighted by molar-refractivity contribution is 5.95. The summed E-state index contributed by atoms with van der Waals surface area (Å²) in [6.45, 7) is 6.25. The van der Waals surface area contributed by atoms with Crippen LogP contribution in [0.2, 0.25) is 0 Å². The molecule has 0 aliphatic carbocycles. The van der Waals surface area contributed by atoms with Crippen LogP contribution in [0.4, 0.5) is 5.69 Å². The molecule has 0 spiro atoms. The fourth-order valence-electron chi connectivity index (χ4n) is 2.91. The van der Waals surface area contributed by atoms with Crippen molar-refractivity contribution in [2.75, 3.05) is 19.4 Å². The third-order valence-corrected chi connectivity index (χ3v) is 4.31. The normalized spacial score (nSPS) is 11.0. The Morgan fingerprint density at radius 1 is 1.10 bits per heavy atom. The summed E-state index contributed by atoms with van der Waals surface area (Å²) < 4.78 is 5.56. The third-order valence-electron chi connectivity index (χ3n) is 4.31. The number of esters is 1. The Labute approximate surface area is 177 Å². The van der Waals surface area contributed by atoms with Gasteiger partial charge in [-0.1, -0.05) is 32.9 Å². The first-order valence-corrected chi connectivity index (χ1v) is 9.70. The Hall–Kier alpha value is -3.35. The number of guanidine groups is 1. The second kappa shape index (κ2) is 9.43. The highest BCUT2D eigenvalue weighted by atomic mass is 16.5. The van der Waals surface area contributed by atoms with Crippen LogP contribution in [0.15, 0.2) is 42.5 Å². The van der Waals surface area contributed by atoms with Gasteiger partial charge in [-0.3, -0.25) is 10.2 Å². The summed E-state index contributed by atoms with van der Waals surface area (Å²) in [5.41, 5.74) is 8.14. The fraction of sp³-hybridized carbons (Fsp3) is 0.348. The molecule has 30 heavy (non-hydrogen) atoms. The van der Waals surface area contributed by atoms with E-state index in [0.29, 0.717) is 29.8 Å². The molecule has 160 valence electrons. The van der Waals surface area contributed by atoms with Gasteiger partial charge in [0, 0.05) is 19.8 Å². The van der Waals surface area contributed by atoms with E-state index in [0.717, 1.165) is 11.1 Å². The molecule has 7 heteroatoms. The lowest BCUT2D eigenvalue weighted by Crippen LogP contribution is -2.23. The largest absolute Gasteiger partial charge is 0.423 e. The minimum atomic E-state index is -0.458. The first kappa shape index (κ1) is 22.9. The highest BCUT2D eigenvalue weighted by Crippen LogP contribution is 2.26. The molecular weight excluding hydrogens is 380 g/mol. The van der Waals surface area contributed by atoms with E-state index in [4.69, 9.17) is 15.9 Å². The Kier molecular flexibility index (Phi) is 7.21. The van der Waals surface area contributed by atoms with E-state index in [2.05, 4.69) is 26.1 Å². The number of nitrogens with two attached hydrogens (primary N) is 1. The number of amides is 1. The molecule has 0 heterocycles. The van der Waals surface area contributed by atoms with Crippen molar-refractivity contribution >= 4 is 23.5 Å². The zero-order chi connectivity index (χ0) is 22.5. The summed E-state index contributed by atoms with van der Waals surface area (Å²) in [5, 5.41) is 10.2. The van der Waals surface area contributed by atoms with Crippen molar-refractivity contribution in [3.05, 3.63) is 59.2 Å². The number of likely N-dealkylation sites (N-methyl/N-ethyl adjacent to an activating group) is 1. The van der Waals surface area contributed by atoms with Crippen molar-refractivity contribution in [3.8, 4) is 5.75 Å². The lowest BCUT2D eigenvalue weighted by atomic mass is 9.86. The Morgan fingerprint density at radius 2 is 1.73 bits per heavy atom. The molecule has 7 nitrogen and oxygen atoms in total. The van der Waals surface area contributed by atoms with Crippen LogP contribution in [0.25, 0.3) is 0 Å². The van der Waals surface area contributed by atoms with Gasteiger partial charge < -0.3 is 20.7 Å². The minimum absolute atomic E-state index is 0.00540. The van der Waals surface area contributed by atoms with Crippen LogP contribution in [-0.4, -0.2) is 36.8 Å².